The number of carbonyl (C=O) groups is 2. The van der Waals surface area contributed by atoms with Crippen molar-refractivity contribution in [3.63, 3.8) is 0 Å². The number of carbonyl (C=O) groups excluding carboxylic acids is 2. The van der Waals surface area contributed by atoms with Gasteiger partial charge in [0.2, 0.25) is 6.23 Å². The smallest absolute Gasteiger partial charge is 0.544 e. The van der Waals surface area contributed by atoms with Crippen LogP contribution in [0.4, 0.5) is 5.69 Å². The molecule has 0 aliphatic carbocycles. The van der Waals surface area contributed by atoms with Gasteiger partial charge in [0.1, 0.15) is 5.97 Å². The number of ether oxygens (including phenoxy) is 1. The number of carboxylic acid groups (broad SMARTS) is 1. The number of anilines is 1. The van der Waals surface area contributed by atoms with Crippen molar-refractivity contribution in [2.75, 3.05) is 5.32 Å². The van der Waals surface area contributed by atoms with Crippen LogP contribution in [-0.4, -0.2) is 18.2 Å². The van der Waals surface area contributed by atoms with Crippen molar-refractivity contribution in [3.8, 4) is 0 Å². The fourth-order valence-electron chi connectivity index (χ4n) is 1.84. The summed E-state index contributed by atoms with van der Waals surface area (Å²) >= 11 is 11.9. The number of hydrogen-bond donors (Lipinski definition) is 1. The van der Waals surface area contributed by atoms with E-state index >= 15 is 0 Å². The number of hydrogen-bond acceptors (Lipinski definition) is 5. The van der Waals surface area contributed by atoms with Crippen LogP contribution in [-0.2, 0) is 20.7 Å². The molecular formula is C16H12Cl2NNaO4. The summed E-state index contributed by atoms with van der Waals surface area (Å²) < 4.78 is 4.90. The van der Waals surface area contributed by atoms with Gasteiger partial charge in [-0.3, -0.25) is 4.79 Å². The monoisotopic (exact) mass is 375 g/mol. The van der Waals surface area contributed by atoms with Crippen molar-refractivity contribution in [1.29, 1.82) is 0 Å². The molecule has 0 saturated heterocycles. The third-order valence-corrected chi connectivity index (χ3v) is 3.52. The topological polar surface area (TPSA) is 78.5 Å². The molecule has 0 amide bonds. The van der Waals surface area contributed by atoms with Crippen molar-refractivity contribution in [2.24, 2.45) is 0 Å². The van der Waals surface area contributed by atoms with Crippen LogP contribution in [0, 0.1) is 0 Å². The Balaban J connectivity index is 0.00000288. The van der Waals surface area contributed by atoms with Crippen LogP contribution in [0.5, 0.6) is 0 Å². The molecule has 120 valence electrons. The first-order chi connectivity index (χ1) is 11.0. The molecule has 1 atom stereocenters. The summed E-state index contributed by atoms with van der Waals surface area (Å²) in [6.07, 6.45) is -1.77. The van der Waals surface area contributed by atoms with Crippen LogP contribution in [0.15, 0.2) is 48.5 Å². The Morgan fingerprint density at radius 3 is 2.17 bits per heavy atom. The Morgan fingerprint density at radius 2 is 1.62 bits per heavy atom. The van der Waals surface area contributed by atoms with E-state index in [0.717, 1.165) is 0 Å². The van der Waals surface area contributed by atoms with E-state index in [1.807, 2.05) is 0 Å². The van der Waals surface area contributed by atoms with Gasteiger partial charge in [0.05, 0.1) is 22.2 Å². The number of aliphatic carboxylic acids is 1. The van der Waals surface area contributed by atoms with E-state index in [1.165, 1.54) is 12.1 Å². The van der Waals surface area contributed by atoms with Crippen LogP contribution in [0.2, 0.25) is 10.0 Å². The van der Waals surface area contributed by atoms with E-state index in [4.69, 9.17) is 27.9 Å². The Morgan fingerprint density at radius 1 is 1.04 bits per heavy atom. The van der Waals surface area contributed by atoms with E-state index in [0.29, 0.717) is 5.56 Å². The number of rotatable bonds is 6. The second kappa shape index (κ2) is 9.91. The second-order valence-electron chi connectivity index (χ2n) is 4.59. The second-order valence-corrected chi connectivity index (χ2v) is 5.41. The number of esters is 1. The van der Waals surface area contributed by atoms with E-state index in [1.54, 1.807) is 36.4 Å². The molecule has 2 aromatic carbocycles. The zero-order chi connectivity index (χ0) is 16.8. The minimum Gasteiger partial charge on any atom is -0.544 e. The molecule has 0 aliphatic rings. The molecule has 24 heavy (non-hydrogen) atoms. The first kappa shape index (κ1) is 20.8. The van der Waals surface area contributed by atoms with Crippen molar-refractivity contribution in [1.82, 2.24) is 0 Å². The van der Waals surface area contributed by atoms with Gasteiger partial charge < -0.3 is 20.0 Å². The maximum atomic E-state index is 11.9. The molecule has 2 aromatic rings. The summed E-state index contributed by atoms with van der Waals surface area (Å²) in [5, 5.41) is 14.0. The molecule has 0 aliphatic heterocycles. The standard InChI is InChI=1S/C16H13Cl2NO4.Na/c17-11-7-4-8-12(18)14(11)19-15(16(21)22)23-13(20)9-10-5-2-1-3-6-10;/h1-8,15,19H,9H2,(H,21,22);/q;+1/p-1. The Labute approximate surface area is 171 Å². The predicted molar refractivity (Wildman–Crippen MR) is 85.1 cm³/mol. The van der Waals surface area contributed by atoms with Gasteiger partial charge in [-0.05, 0) is 17.7 Å². The van der Waals surface area contributed by atoms with Gasteiger partial charge in [0, 0.05) is 0 Å². The summed E-state index contributed by atoms with van der Waals surface area (Å²) in [5.41, 5.74) is 0.850. The minimum atomic E-state index is -1.70. The van der Waals surface area contributed by atoms with E-state index in [2.05, 4.69) is 5.32 Å². The van der Waals surface area contributed by atoms with Crippen molar-refractivity contribution in [2.45, 2.75) is 12.6 Å². The predicted octanol–water partition coefficient (Wildman–Crippen LogP) is -0.729. The van der Waals surface area contributed by atoms with Crippen molar-refractivity contribution in [3.05, 3.63) is 64.1 Å². The van der Waals surface area contributed by atoms with Crippen LogP contribution in [0.1, 0.15) is 5.56 Å². The average Bonchev–Trinajstić information content (AvgIpc) is 2.50. The molecule has 0 saturated carbocycles. The molecule has 8 heteroatoms. The van der Waals surface area contributed by atoms with Gasteiger partial charge in [0.15, 0.2) is 0 Å². The van der Waals surface area contributed by atoms with Crippen LogP contribution < -0.4 is 40.0 Å². The number of para-hydroxylation sites is 1. The molecule has 1 N–H and O–H groups in total. The summed E-state index contributed by atoms with van der Waals surface area (Å²) in [6, 6.07) is 13.4. The maximum Gasteiger partial charge on any atom is 1.00 e. The minimum absolute atomic E-state index is 0. The zero-order valence-corrected chi connectivity index (χ0v) is 16.3. The summed E-state index contributed by atoms with van der Waals surface area (Å²) in [6.45, 7) is 0. The fraction of sp³-hybridized carbons (Fsp3) is 0.125. The van der Waals surface area contributed by atoms with Crippen LogP contribution in [0.25, 0.3) is 0 Å². The molecule has 0 aromatic heterocycles. The molecular weight excluding hydrogens is 364 g/mol. The molecule has 1 unspecified atom stereocenters. The normalized spacial score (nSPS) is 11.1. The van der Waals surface area contributed by atoms with E-state index in [-0.39, 0.29) is 51.7 Å². The van der Waals surface area contributed by atoms with E-state index in [9.17, 15) is 14.7 Å². The van der Waals surface area contributed by atoms with Crippen LogP contribution >= 0.6 is 23.2 Å². The Kier molecular flexibility index (Phi) is 8.59. The Bertz CT molecular complexity index is 692. The van der Waals surface area contributed by atoms with Gasteiger partial charge in [-0.15, -0.1) is 0 Å². The number of carboxylic acids is 1. The summed E-state index contributed by atoms with van der Waals surface area (Å²) in [5.74, 6) is -2.33. The van der Waals surface area contributed by atoms with Gasteiger partial charge in [0.25, 0.3) is 0 Å². The number of nitrogens with one attached hydrogen (secondary N) is 1. The molecule has 5 nitrogen and oxygen atoms in total. The SMILES string of the molecule is O=C(Cc1ccccc1)OC(Nc1c(Cl)cccc1Cl)C(=O)[O-].[Na+]. The van der Waals surface area contributed by atoms with Crippen molar-refractivity contribution >= 4 is 40.8 Å². The fourth-order valence-corrected chi connectivity index (χ4v) is 2.35. The first-order valence-electron chi connectivity index (χ1n) is 6.62. The van der Waals surface area contributed by atoms with Crippen LogP contribution in [0.3, 0.4) is 0 Å². The third kappa shape index (κ3) is 6.00. The quantitative estimate of drug-likeness (QED) is 0.409. The maximum absolute atomic E-state index is 11.9. The zero-order valence-electron chi connectivity index (χ0n) is 12.8. The molecule has 0 heterocycles. The average molecular weight is 376 g/mol. The molecule has 0 bridgehead atoms. The third-order valence-electron chi connectivity index (χ3n) is 2.89. The number of halogens is 2. The van der Waals surface area contributed by atoms with Crippen molar-refractivity contribution < 1.29 is 49.0 Å². The van der Waals surface area contributed by atoms with Gasteiger partial charge >= 0.3 is 35.5 Å². The van der Waals surface area contributed by atoms with Gasteiger partial charge in [-0.25, -0.2) is 0 Å². The largest absolute Gasteiger partial charge is 1.00 e. The number of benzene rings is 2. The summed E-state index contributed by atoms with van der Waals surface area (Å²) in [7, 11) is 0. The first-order valence-corrected chi connectivity index (χ1v) is 7.38. The van der Waals surface area contributed by atoms with E-state index < -0.39 is 18.2 Å². The van der Waals surface area contributed by atoms with Gasteiger partial charge in [-0.2, -0.15) is 0 Å². The Hall–Kier alpha value is -1.24. The summed E-state index contributed by atoms with van der Waals surface area (Å²) in [4.78, 5) is 23.0. The molecule has 0 spiro atoms. The molecule has 2 rings (SSSR count). The molecule has 0 fully saturated rings. The van der Waals surface area contributed by atoms with Gasteiger partial charge in [-0.1, -0.05) is 59.6 Å². The molecule has 0 radical (unpaired) electrons.